The maximum atomic E-state index is 12.7. The molecule has 0 bridgehead atoms. The molecule has 154 valence electrons. The van der Waals surface area contributed by atoms with Gasteiger partial charge in [0.1, 0.15) is 11.6 Å². The van der Waals surface area contributed by atoms with Gasteiger partial charge in [0.05, 0.1) is 11.6 Å². The molecule has 30 heavy (non-hydrogen) atoms. The first-order valence-electron chi connectivity index (χ1n) is 11.1. The van der Waals surface area contributed by atoms with Gasteiger partial charge in [-0.2, -0.15) is 0 Å². The number of nitrogens with one attached hydrogen (secondary N) is 1. The second-order valence-electron chi connectivity index (χ2n) is 8.57. The minimum absolute atomic E-state index is 0.00873. The number of fused-ring (bicyclic) bond motifs is 1. The number of aromatic nitrogens is 2. The van der Waals surface area contributed by atoms with Crippen molar-refractivity contribution in [2.45, 2.75) is 57.0 Å². The molecule has 0 saturated heterocycles. The van der Waals surface area contributed by atoms with Gasteiger partial charge in [-0.3, -0.25) is 4.79 Å². The number of nitrogens with zero attached hydrogens (tertiary/aromatic N) is 3. The topological polar surface area (TPSA) is 58.1 Å². The smallest absolute Gasteiger partial charge is 0.222 e. The minimum Gasteiger partial charge on any atom is -0.352 e. The standard InChI is InChI=1S/C25H28N4O/c1-17(18-7-3-2-4-8-18)26-23(30)15-16-29(20-13-14-20)25-21-9-5-6-10-22(21)27-24(28-25)19-11-12-19/h2-10,17,19-20H,11-16H2,1H3,(H,26,30)/t17-/m1/s1. The molecule has 0 radical (unpaired) electrons. The van der Waals surface area contributed by atoms with E-state index in [2.05, 4.69) is 22.3 Å². The minimum atomic E-state index is 0.00873. The summed E-state index contributed by atoms with van der Waals surface area (Å²) in [6.07, 6.45) is 5.16. The number of hydrogen-bond acceptors (Lipinski definition) is 4. The van der Waals surface area contributed by atoms with Crippen LogP contribution in [0.25, 0.3) is 10.9 Å². The van der Waals surface area contributed by atoms with Gasteiger partial charge in [-0.05, 0) is 50.3 Å². The number of hydrogen-bond donors (Lipinski definition) is 1. The largest absolute Gasteiger partial charge is 0.352 e. The first-order valence-corrected chi connectivity index (χ1v) is 11.1. The Kier molecular flexibility index (Phi) is 5.11. The molecule has 2 aliphatic rings. The number of para-hydroxylation sites is 1. The van der Waals surface area contributed by atoms with Crippen LogP contribution in [0.4, 0.5) is 5.82 Å². The lowest BCUT2D eigenvalue weighted by Gasteiger charge is -2.25. The number of amides is 1. The van der Waals surface area contributed by atoms with Gasteiger partial charge in [0.25, 0.3) is 0 Å². The van der Waals surface area contributed by atoms with E-state index in [1.54, 1.807) is 0 Å². The van der Waals surface area contributed by atoms with E-state index in [1.165, 1.54) is 25.7 Å². The molecule has 0 aliphatic heterocycles. The van der Waals surface area contributed by atoms with Gasteiger partial charge in [-0.1, -0.05) is 42.5 Å². The Labute approximate surface area is 177 Å². The zero-order valence-electron chi connectivity index (χ0n) is 17.4. The van der Waals surface area contributed by atoms with E-state index in [-0.39, 0.29) is 11.9 Å². The van der Waals surface area contributed by atoms with Crippen molar-refractivity contribution >= 4 is 22.6 Å². The molecular weight excluding hydrogens is 372 g/mol. The van der Waals surface area contributed by atoms with Crippen molar-refractivity contribution in [3.05, 3.63) is 66.0 Å². The van der Waals surface area contributed by atoms with Crippen LogP contribution in [-0.4, -0.2) is 28.5 Å². The van der Waals surface area contributed by atoms with Crippen molar-refractivity contribution in [2.24, 2.45) is 0 Å². The van der Waals surface area contributed by atoms with Crippen molar-refractivity contribution < 1.29 is 4.79 Å². The van der Waals surface area contributed by atoms with Gasteiger partial charge in [0, 0.05) is 30.3 Å². The molecule has 1 amide bonds. The van der Waals surface area contributed by atoms with Crippen LogP contribution in [0.2, 0.25) is 0 Å². The number of carbonyl (C=O) groups is 1. The zero-order valence-corrected chi connectivity index (χ0v) is 17.4. The molecule has 1 aromatic heterocycles. The summed E-state index contributed by atoms with van der Waals surface area (Å²) in [7, 11) is 0. The summed E-state index contributed by atoms with van der Waals surface area (Å²) in [5, 5.41) is 4.23. The third-order valence-corrected chi connectivity index (χ3v) is 6.06. The van der Waals surface area contributed by atoms with E-state index in [0.717, 1.165) is 28.1 Å². The van der Waals surface area contributed by atoms with Gasteiger partial charge >= 0.3 is 0 Å². The molecule has 5 nitrogen and oxygen atoms in total. The highest BCUT2D eigenvalue weighted by molar-refractivity contribution is 5.90. The van der Waals surface area contributed by atoms with E-state index < -0.39 is 0 Å². The van der Waals surface area contributed by atoms with Crippen LogP contribution < -0.4 is 10.2 Å². The highest BCUT2D eigenvalue weighted by Crippen LogP contribution is 2.41. The number of carbonyl (C=O) groups excluding carboxylic acids is 1. The molecule has 0 spiro atoms. The third-order valence-electron chi connectivity index (χ3n) is 6.06. The van der Waals surface area contributed by atoms with E-state index in [0.29, 0.717) is 24.9 Å². The molecule has 1 atom stereocenters. The molecule has 0 unspecified atom stereocenters. The van der Waals surface area contributed by atoms with Crippen molar-refractivity contribution in [3.63, 3.8) is 0 Å². The summed E-state index contributed by atoms with van der Waals surface area (Å²) in [4.78, 5) is 24.8. The van der Waals surface area contributed by atoms with Crippen molar-refractivity contribution in [2.75, 3.05) is 11.4 Å². The third kappa shape index (κ3) is 4.16. The lowest BCUT2D eigenvalue weighted by Crippen LogP contribution is -2.34. The summed E-state index contributed by atoms with van der Waals surface area (Å²) in [5.74, 6) is 2.56. The molecule has 1 N–H and O–H groups in total. The lowest BCUT2D eigenvalue weighted by molar-refractivity contribution is -0.121. The summed E-state index contributed by atoms with van der Waals surface area (Å²) in [5.41, 5.74) is 2.14. The highest BCUT2D eigenvalue weighted by atomic mass is 16.1. The lowest BCUT2D eigenvalue weighted by atomic mass is 10.1. The second kappa shape index (κ2) is 8.05. The Balaban J connectivity index is 1.33. The molecule has 5 rings (SSSR count). The fourth-order valence-electron chi connectivity index (χ4n) is 4.03. The van der Waals surface area contributed by atoms with Crippen LogP contribution in [0.3, 0.4) is 0 Å². The van der Waals surface area contributed by atoms with E-state index in [9.17, 15) is 4.79 Å². The maximum Gasteiger partial charge on any atom is 0.222 e. The maximum absolute atomic E-state index is 12.7. The van der Waals surface area contributed by atoms with Gasteiger partial charge in [0.15, 0.2) is 0 Å². The van der Waals surface area contributed by atoms with Crippen molar-refractivity contribution in [1.82, 2.24) is 15.3 Å². The molecular formula is C25H28N4O. The molecule has 3 aromatic rings. The molecule has 2 aliphatic carbocycles. The van der Waals surface area contributed by atoms with Gasteiger partial charge in [-0.25, -0.2) is 9.97 Å². The van der Waals surface area contributed by atoms with Crippen LogP contribution >= 0.6 is 0 Å². The van der Waals surface area contributed by atoms with Crippen LogP contribution in [0.1, 0.15) is 62.4 Å². The van der Waals surface area contributed by atoms with E-state index >= 15 is 0 Å². The van der Waals surface area contributed by atoms with E-state index in [4.69, 9.17) is 9.97 Å². The fourth-order valence-corrected chi connectivity index (χ4v) is 4.03. The van der Waals surface area contributed by atoms with Gasteiger partial charge in [0.2, 0.25) is 5.91 Å². The molecule has 2 saturated carbocycles. The Bertz CT molecular complexity index is 1040. The zero-order chi connectivity index (χ0) is 20.5. The highest BCUT2D eigenvalue weighted by Gasteiger charge is 2.33. The quantitative estimate of drug-likeness (QED) is 0.593. The van der Waals surface area contributed by atoms with Crippen LogP contribution in [0.5, 0.6) is 0 Å². The van der Waals surface area contributed by atoms with Crippen molar-refractivity contribution in [1.29, 1.82) is 0 Å². The van der Waals surface area contributed by atoms with Crippen LogP contribution in [0, 0.1) is 0 Å². The predicted molar refractivity (Wildman–Crippen MR) is 119 cm³/mol. The van der Waals surface area contributed by atoms with Crippen LogP contribution in [0.15, 0.2) is 54.6 Å². The van der Waals surface area contributed by atoms with Crippen LogP contribution in [-0.2, 0) is 4.79 Å². The Morgan fingerprint density at radius 3 is 2.50 bits per heavy atom. The van der Waals surface area contributed by atoms with Gasteiger partial charge in [-0.15, -0.1) is 0 Å². The summed E-state index contributed by atoms with van der Waals surface area (Å²) < 4.78 is 0. The van der Waals surface area contributed by atoms with Gasteiger partial charge < -0.3 is 10.2 Å². The first kappa shape index (κ1) is 19.0. The Morgan fingerprint density at radius 1 is 1.03 bits per heavy atom. The average Bonchev–Trinajstić information content (AvgIpc) is 3.67. The number of benzene rings is 2. The molecule has 1 heterocycles. The summed E-state index contributed by atoms with van der Waals surface area (Å²) in [6.45, 7) is 2.72. The second-order valence-corrected chi connectivity index (χ2v) is 8.57. The normalized spacial score (nSPS) is 17.0. The molecule has 2 aromatic carbocycles. The molecule has 5 heteroatoms. The van der Waals surface area contributed by atoms with E-state index in [1.807, 2.05) is 49.4 Å². The Morgan fingerprint density at radius 2 is 1.77 bits per heavy atom. The number of anilines is 1. The molecule has 2 fully saturated rings. The predicted octanol–water partition coefficient (Wildman–Crippen LogP) is 4.74. The SMILES string of the molecule is C[C@@H](NC(=O)CCN(c1nc(C2CC2)nc2ccccc12)C1CC1)c1ccccc1. The Hall–Kier alpha value is -2.95. The summed E-state index contributed by atoms with van der Waals surface area (Å²) in [6, 6.07) is 18.9. The fraction of sp³-hybridized carbons (Fsp3) is 0.400. The number of rotatable bonds is 8. The first-order chi connectivity index (χ1) is 14.7. The monoisotopic (exact) mass is 400 g/mol. The summed E-state index contributed by atoms with van der Waals surface area (Å²) >= 11 is 0. The van der Waals surface area contributed by atoms with Crippen molar-refractivity contribution in [3.8, 4) is 0 Å². The average molecular weight is 401 g/mol.